The van der Waals surface area contributed by atoms with E-state index in [4.69, 9.17) is 5.73 Å². The first-order chi connectivity index (χ1) is 9.61. The number of likely N-dealkylation sites (tertiary alicyclic amines) is 1. The van der Waals surface area contributed by atoms with Crippen LogP contribution in [0.1, 0.15) is 30.7 Å². The first-order valence-electron chi connectivity index (χ1n) is 7.07. The van der Waals surface area contributed by atoms with Gasteiger partial charge in [0, 0.05) is 31.1 Å². The van der Waals surface area contributed by atoms with Gasteiger partial charge in [-0.25, -0.2) is 8.78 Å². The van der Waals surface area contributed by atoms with E-state index in [9.17, 15) is 13.6 Å². The Labute approximate surface area is 128 Å². The maximum absolute atomic E-state index is 13.7. The van der Waals surface area contributed by atoms with Crippen LogP contribution < -0.4 is 5.73 Å². The molecule has 0 aromatic heterocycles. The number of amides is 1. The predicted octanol–water partition coefficient (Wildman–Crippen LogP) is 2.44. The maximum atomic E-state index is 13.7. The van der Waals surface area contributed by atoms with Gasteiger partial charge >= 0.3 is 0 Å². The summed E-state index contributed by atoms with van der Waals surface area (Å²) in [6.07, 6.45) is 2.58. The molecule has 3 nitrogen and oxygen atoms in total. The van der Waals surface area contributed by atoms with Gasteiger partial charge in [0.25, 0.3) is 0 Å². The van der Waals surface area contributed by atoms with Crippen molar-refractivity contribution in [2.24, 2.45) is 11.7 Å². The zero-order valence-electron chi connectivity index (χ0n) is 11.6. The highest BCUT2D eigenvalue weighted by molar-refractivity contribution is 5.85. The van der Waals surface area contributed by atoms with Gasteiger partial charge < -0.3 is 10.6 Å². The third kappa shape index (κ3) is 3.04. The molecule has 1 saturated carbocycles. The monoisotopic (exact) mass is 316 g/mol. The van der Waals surface area contributed by atoms with Crippen molar-refractivity contribution >= 4 is 18.3 Å². The molecule has 6 heteroatoms. The standard InChI is InChI=1S/C15H18F2N2O.ClH/c16-9-3-4-11(14(17)6-9)12-7-13(12)15(20)19-5-1-2-10(19)8-18;/h3-4,6,10,12-13H,1-2,5,7-8,18H2;1H. The lowest BCUT2D eigenvalue weighted by atomic mass is 10.1. The summed E-state index contributed by atoms with van der Waals surface area (Å²) >= 11 is 0. The van der Waals surface area contributed by atoms with Crippen LogP contribution in [0.3, 0.4) is 0 Å². The van der Waals surface area contributed by atoms with Gasteiger partial charge in [-0.05, 0) is 36.8 Å². The molecule has 1 aromatic carbocycles. The largest absolute Gasteiger partial charge is 0.338 e. The summed E-state index contributed by atoms with van der Waals surface area (Å²) in [4.78, 5) is 14.3. The third-order valence-corrected chi connectivity index (χ3v) is 4.40. The smallest absolute Gasteiger partial charge is 0.226 e. The van der Waals surface area contributed by atoms with Gasteiger partial charge in [-0.1, -0.05) is 6.07 Å². The summed E-state index contributed by atoms with van der Waals surface area (Å²) in [5, 5.41) is 0. The second-order valence-electron chi connectivity index (χ2n) is 5.68. The van der Waals surface area contributed by atoms with E-state index in [0.717, 1.165) is 25.5 Å². The second-order valence-corrected chi connectivity index (χ2v) is 5.68. The van der Waals surface area contributed by atoms with Crippen molar-refractivity contribution < 1.29 is 13.6 Å². The number of halogens is 3. The minimum Gasteiger partial charge on any atom is -0.338 e. The fourth-order valence-electron chi connectivity index (χ4n) is 3.20. The van der Waals surface area contributed by atoms with Crippen LogP contribution in [0.5, 0.6) is 0 Å². The molecule has 1 saturated heterocycles. The number of hydrogen-bond donors (Lipinski definition) is 1. The Bertz CT molecular complexity index is 540. The number of rotatable bonds is 3. The normalized spacial score (nSPS) is 27.4. The van der Waals surface area contributed by atoms with Crippen LogP contribution in [0.25, 0.3) is 0 Å². The highest BCUT2D eigenvalue weighted by atomic mass is 35.5. The summed E-state index contributed by atoms with van der Waals surface area (Å²) in [5.41, 5.74) is 6.13. The van der Waals surface area contributed by atoms with E-state index in [2.05, 4.69) is 0 Å². The summed E-state index contributed by atoms with van der Waals surface area (Å²) < 4.78 is 26.6. The predicted molar refractivity (Wildman–Crippen MR) is 78.2 cm³/mol. The molecule has 1 aliphatic carbocycles. The number of nitrogens with zero attached hydrogens (tertiary/aromatic N) is 1. The lowest BCUT2D eigenvalue weighted by molar-refractivity contribution is -0.133. The minimum absolute atomic E-state index is 0. The van der Waals surface area contributed by atoms with Gasteiger partial charge in [-0.2, -0.15) is 0 Å². The van der Waals surface area contributed by atoms with E-state index in [1.54, 1.807) is 0 Å². The molecule has 2 aliphatic rings. The van der Waals surface area contributed by atoms with E-state index in [1.165, 1.54) is 12.1 Å². The molecule has 0 bridgehead atoms. The summed E-state index contributed by atoms with van der Waals surface area (Å²) in [6.45, 7) is 1.23. The van der Waals surface area contributed by atoms with Crippen LogP contribution in [0.4, 0.5) is 8.78 Å². The highest BCUT2D eigenvalue weighted by Gasteiger charge is 2.48. The molecule has 0 spiro atoms. The minimum atomic E-state index is -0.586. The fraction of sp³-hybridized carbons (Fsp3) is 0.533. The van der Waals surface area contributed by atoms with Gasteiger partial charge in [0.05, 0.1) is 0 Å². The van der Waals surface area contributed by atoms with Crippen molar-refractivity contribution in [3.63, 3.8) is 0 Å². The molecule has 2 N–H and O–H groups in total. The topological polar surface area (TPSA) is 46.3 Å². The SMILES string of the molecule is Cl.NCC1CCCN1C(=O)C1CC1c1ccc(F)cc1F. The first kappa shape index (κ1) is 16.2. The lowest BCUT2D eigenvalue weighted by Gasteiger charge is -2.23. The van der Waals surface area contributed by atoms with Crippen LogP contribution in [0.2, 0.25) is 0 Å². The Hall–Kier alpha value is -1.20. The molecule has 1 heterocycles. The van der Waals surface area contributed by atoms with Crippen LogP contribution in [0.15, 0.2) is 18.2 Å². The Morgan fingerprint density at radius 3 is 2.81 bits per heavy atom. The molecule has 3 atom stereocenters. The van der Waals surface area contributed by atoms with Crippen molar-refractivity contribution in [3.8, 4) is 0 Å². The van der Waals surface area contributed by atoms with Crippen molar-refractivity contribution in [1.29, 1.82) is 0 Å². The Kier molecular flexibility index (Phi) is 4.84. The number of benzene rings is 1. The number of hydrogen-bond acceptors (Lipinski definition) is 2. The number of carbonyl (C=O) groups excluding carboxylic acids is 1. The molecule has 1 amide bonds. The van der Waals surface area contributed by atoms with E-state index < -0.39 is 11.6 Å². The number of carbonyl (C=O) groups is 1. The van der Waals surface area contributed by atoms with Gasteiger partial charge in [0.1, 0.15) is 11.6 Å². The molecular formula is C15H19ClF2N2O. The quantitative estimate of drug-likeness (QED) is 0.931. The molecule has 2 fully saturated rings. The van der Waals surface area contributed by atoms with E-state index in [0.29, 0.717) is 18.5 Å². The zero-order valence-corrected chi connectivity index (χ0v) is 12.4. The summed E-state index contributed by atoms with van der Waals surface area (Å²) in [5.74, 6) is -1.34. The van der Waals surface area contributed by atoms with Crippen molar-refractivity contribution in [2.75, 3.05) is 13.1 Å². The average molecular weight is 317 g/mol. The van der Waals surface area contributed by atoms with Crippen molar-refractivity contribution in [3.05, 3.63) is 35.4 Å². The zero-order chi connectivity index (χ0) is 14.3. The van der Waals surface area contributed by atoms with E-state index in [-0.39, 0.29) is 36.2 Å². The lowest BCUT2D eigenvalue weighted by Crippen LogP contribution is -2.40. The van der Waals surface area contributed by atoms with Crippen LogP contribution in [-0.2, 0) is 4.79 Å². The second kappa shape index (κ2) is 6.28. The van der Waals surface area contributed by atoms with Crippen molar-refractivity contribution in [2.45, 2.75) is 31.2 Å². The van der Waals surface area contributed by atoms with Crippen LogP contribution >= 0.6 is 12.4 Å². The fourth-order valence-corrected chi connectivity index (χ4v) is 3.20. The molecule has 3 rings (SSSR count). The van der Waals surface area contributed by atoms with Gasteiger partial charge in [0.2, 0.25) is 5.91 Å². The summed E-state index contributed by atoms with van der Waals surface area (Å²) in [6, 6.07) is 3.71. The van der Waals surface area contributed by atoms with Crippen molar-refractivity contribution in [1.82, 2.24) is 4.90 Å². The van der Waals surface area contributed by atoms with Crippen LogP contribution in [0, 0.1) is 17.6 Å². The summed E-state index contributed by atoms with van der Waals surface area (Å²) in [7, 11) is 0. The molecular weight excluding hydrogens is 298 g/mol. The average Bonchev–Trinajstić information content (AvgIpc) is 3.06. The Morgan fingerprint density at radius 1 is 1.38 bits per heavy atom. The molecule has 21 heavy (non-hydrogen) atoms. The molecule has 1 aliphatic heterocycles. The molecule has 1 aromatic rings. The molecule has 3 unspecified atom stereocenters. The molecule has 0 radical (unpaired) electrons. The number of nitrogens with two attached hydrogens (primary N) is 1. The third-order valence-electron chi connectivity index (χ3n) is 4.40. The Morgan fingerprint density at radius 2 is 2.14 bits per heavy atom. The van der Waals surface area contributed by atoms with E-state index >= 15 is 0 Å². The van der Waals surface area contributed by atoms with Gasteiger partial charge in [0.15, 0.2) is 0 Å². The first-order valence-corrected chi connectivity index (χ1v) is 7.07. The molecule has 116 valence electrons. The maximum Gasteiger partial charge on any atom is 0.226 e. The van der Waals surface area contributed by atoms with Crippen LogP contribution in [-0.4, -0.2) is 29.9 Å². The van der Waals surface area contributed by atoms with E-state index in [1.807, 2.05) is 4.90 Å². The van der Waals surface area contributed by atoms with Gasteiger partial charge in [-0.15, -0.1) is 12.4 Å². The highest BCUT2D eigenvalue weighted by Crippen LogP contribution is 2.49. The Balaban J connectivity index is 0.00000161. The van der Waals surface area contributed by atoms with Gasteiger partial charge in [-0.3, -0.25) is 4.79 Å².